The zero-order valence-electron chi connectivity index (χ0n) is 11.8. The zero-order chi connectivity index (χ0) is 14.8. The number of carbonyl (C=O) groups is 2. The summed E-state index contributed by atoms with van der Waals surface area (Å²) in [5.74, 6) is -1.75. The molecule has 0 unspecified atom stereocenters. The molecule has 0 aliphatic carbocycles. The fraction of sp³-hybridized carbons (Fsp3) is 0.467. The van der Waals surface area contributed by atoms with E-state index < -0.39 is 17.9 Å². The number of rotatable bonds is 8. The molecular weight excluding hydrogens is 323 g/mol. The van der Waals surface area contributed by atoms with Gasteiger partial charge in [0.2, 0.25) is 0 Å². The van der Waals surface area contributed by atoms with Crippen LogP contribution in [0.25, 0.3) is 0 Å². The Hall–Kier alpha value is -1.32. The summed E-state index contributed by atoms with van der Waals surface area (Å²) in [7, 11) is 0. The fourth-order valence-corrected chi connectivity index (χ4v) is 3.60. The summed E-state index contributed by atoms with van der Waals surface area (Å²) in [6, 6.07) is 10.1. The van der Waals surface area contributed by atoms with Crippen molar-refractivity contribution in [2.75, 3.05) is 13.2 Å². The molecule has 0 radical (unpaired) electrons. The van der Waals surface area contributed by atoms with Crippen LogP contribution in [0.1, 0.15) is 20.3 Å². The quantitative estimate of drug-likeness (QED) is 0.408. The number of hydrogen-bond acceptors (Lipinski definition) is 4. The number of ether oxygens (including phenoxy) is 2. The molecule has 0 aliphatic heterocycles. The standard InChI is InChI=1S/C15H20O4Se/c1-3-18-14(16)13(15(17)19-4-2)10-11-20-12-8-6-5-7-9-12/h5-9,13H,3-4,10-11H2,1-2H3. The van der Waals surface area contributed by atoms with Crippen LogP contribution in [0.15, 0.2) is 30.3 Å². The second kappa shape index (κ2) is 9.56. The Labute approximate surface area is 126 Å². The molecule has 0 spiro atoms. The van der Waals surface area contributed by atoms with E-state index in [1.807, 2.05) is 18.2 Å². The molecule has 1 aromatic rings. The molecule has 0 aliphatic rings. The van der Waals surface area contributed by atoms with Gasteiger partial charge in [-0.3, -0.25) is 0 Å². The number of hydrogen-bond donors (Lipinski definition) is 0. The van der Waals surface area contributed by atoms with E-state index in [1.54, 1.807) is 13.8 Å². The van der Waals surface area contributed by atoms with Crippen molar-refractivity contribution in [3.63, 3.8) is 0 Å². The van der Waals surface area contributed by atoms with Crippen LogP contribution in [-0.2, 0) is 19.1 Å². The third-order valence-corrected chi connectivity index (χ3v) is 4.75. The van der Waals surface area contributed by atoms with E-state index in [9.17, 15) is 9.59 Å². The Balaban J connectivity index is 2.51. The van der Waals surface area contributed by atoms with Gasteiger partial charge in [-0.15, -0.1) is 0 Å². The molecule has 0 saturated heterocycles. The predicted octanol–water partition coefficient (Wildman–Crippen LogP) is 1.57. The number of esters is 2. The molecule has 20 heavy (non-hydrogen) atoms. The topological polar surface area (TPSA) is 52.6 Å². The van der Waals surface area contributed by atoms with Gasteiger partial charge in [0, 0.05) is 0 Å². The van der Waals surface area contributed by atoms with Crippen LogP contribution in [-0.4, -0.2) is 40.1 Å². The number of benzene rings is 1. The van der Waals surface area contributed by atoms with Gasteiger partial charge in [-0.1, -0.05) is 0 Å². The molecule has 0 atom stereocenters. The van der Waals surface area contributed by atoms with Crippen molar-refractivity contribution in [1.29, 1.82) is 0 Å². The van der Waals surface area contributed by atoms with E-state index in [1.165, 1.54) is 4.46 Å². The molecule has 5 heteroatoms. The summed E-state index contributed by atoms with van der Waals surface area (Å²) in [6.45, 7) is 4.01. The molecule has 0 fully saturated rings. The zero-order valence-corrected chi connectivity index (χ0v) is 13.5. The molecule has 0 bridgehead atoms. The van der Waals surface area contributed by atoms with Crippen LogP contribution in [0.2, 0.25) is 5.32 Å². The Morgan fingerprint density at radius 2 is 1.60 bits per heavy atom. The molecule has 1 aromatic carbocycles. The molecule has 0 N–H and O–H groups in total. The molecule has 0 amide bonds. The average Bonchev–Trinajstić information content (AvgIpc) is 2.45. The van der Waals surface area contributed by atoms with Crippen molar-refractivity contribution in [3.05, 3.63) is 30.3 Å². The van der Waals surface area contributed by atoms with Gasteiger partial charge in [0.1, 0.15) is 0 Å². The first-order valence-electron chi connectivity index (χ1n) is 6.70. The maximum absolute atomic E-state index is 11.8. The summed E-state index contributed by atoms with van der Waals surface area (Å²) in [6.07, 6.45) is 0.479. The van der Waals surface area contributed by atoms with Crippen molar-refractivity contribution in [1.82, 2.24) is 0 Å². The van der Waals surface area contributed by atoms with Gasteiger partial charge in [0.15, 0.2) is 0 Å². The Bertz CT molecular complexity index is 401. The Kier molecular flexibility index (Phi) is 8.00. The second-order valence-corrected chi connectivity index (χ2v) is 6.46. The van der Waals surface area contributed by atoms with Crippen LogP contribution in [0.3, 0.4) is 0 Å². The molecular formula is C15H20O4Se. The van der Waals surface area contributed by atoms with Crippen LogP contribution < -0.4 is 4.46 Å². The van der Waals surface area contributed by atoms with Gasteiger partial charge in [-0.25, -0.2) is 0 Å². The van der Waals surface area contributed by atoms with Crippen molar-refractivity contribution >= 4 is 31.4 Å². The van der Waals surface area contributed by atoms with Gasteiger partial charge >= 0.3 is 125 Å². The first-order valence-corrected chi connectivity index (χ1v) is 8.77. The summed E-state index contributed by atoms with van der Waals surface area (Å²) in [4.78, 5) is 23.6. The second-order valence-electron chi connectivity index (χ2n) is 4.01. The third kappa shape index (κ3) is 5.76. The van der Waals surface area contributed by atoms with E-state index in [0.717, 1.165) is 5.32 Å². The van der Waals surface area contributed by atoms with E-state index >= 15 is 0 Å². The average molecular weight is 343 g/mol. The summed E-state index contributed by atoms with van der Waals surface area (Å²) >= 11 is 0.249. The van der Waals surface area contributed by atoms with E-state index in [0.29, 0.717) is 6.42 Å². The van der Waals surface area contributed by atoms with Crippen molar-refractivity contribution in [3.8, 4) is 0 Å². The van der Waals surface area contributed by atoms with Crippen LogP contribution in [0.5, 0.6) is 0 Å². The summed E-state index contributed by atoms with van der Waals surface area (Å²) in [5.41, 5.74) is 0. The summed E-state index contributed by atoms with van der Waals surface area (Å²) in [5, 5.41) is 0.805. The Morgan fingerprint density at radius 3 is 2.10 bits per heavy atom. The minimum atomic E-state index is -0.791. The van der Waals surface area contributed by atoms with Crippen molar-refractivity contribution < 1.29 is 19.1 Å². The monoisotopic (exact) mass is 344 g/mol. The van der Waals surface area contributed by atoms with E-state index in [-0.39, 0.29) is 28.2 Å². The van der Waals surface area contributed by atoms with Crippen molar-refractivity contribution in [2.24, 2.45) is 5.92 Å². The maximum atomic E-state index is 11.8. The van der Waals surface area contributed by atoms with Gasteiger partial charge in [0.05, 0.1) is 0 Å². The number of carbonyl (C=O) groups excluding carboxylic acids is 2. The van der Waals surface area contributed by atoms with Crippen molar-refractivity contribution in [2.45, 2.75) is 25.6 Å². The van der Waals surface area contributed by atoms with Gasteiger partial charge in [-0.05, 0) is 0 Å². The first kappa shape index (κ1) is 16.7. The molecule has 0 heterocycles. The minimum absolute atomic E-state index is 0.249. The molecule has 0 saturated carbocycles. The van der Waals surface area contributed by atoms with Crippen LogP contribution >= 0.6 is 0 Å². The normalized spacial score (nSPS) is 10.3. The Morgan fingerprint density at radius 1 is 1.05 bits per heavy atom. The third-order valence-electron chi connectivity index (χ3n) is 2.56. The van der Waals surface area contributed by atoms with Gasteiger partial charge in [-0.2, -0.15) is 0 Å². The van der Waals surface area contributed by atoms with E-state index in [4.69, 9.17) is 9.47 Å². The predicted molar refractivity (Wildman–Crippen MR) is 78.0 cm³/mol. The fourth-order valence-electron chi connectivity index (χ4n) is 1.63. The molecule has 1 rings (SSSR count). The van der Waals surface area contributed by atoms with E-state index in [2.05, 4.69) is 12.1 Å². The van der Waals surface area contributed by atoms with Crippen LogP contribution in [0.4, 0.5) is 0 Å². The van der Waals surface area contributed by atoms with Crippen LogP contribution in [0, 0.1) is 5.92 Å². The SMILES string of the molecule is CCOC(=O)C(CC[Se]c1ccccc1)C(=O)OCC. The van der Waals surface area contributed by atoms with Gasteiger partial charge < -0.3 is 0 Å². The molecule has 0 aromatic heterocycles. The van der Waals surface area contributed by atoms with Gasteiger partial charge in [0.25, 0.3) is 0 Å². The molecule has 110 valence electrons. The molecule has 4 nitrogen and oxygen atoms in total. The first-order chi connectivity index (χ1) is 9.69. The summed E-state index contributed by atoms with van der Waals surface area (Å²) < 4.78 is 11.1.